The van der Waals surface area contributed by atoms with Gasteiger partial charge in [-0.15, -0.1) is 0 Å². The third kappa shape index (κ3) is 5.70. The molecule has 1 amide bonds. The largest absolute Gasteiger partial charge is 0.377 e. The normalized spacial score (nSPS) is 16.1. The van der Waals surface area contributed by atoms with Crippen molar-refractivity contribution >= 4 is 29.2 Å². The van der Waals surface area contributed by atoms with Gasteiger partial charge in [-0.25, -0.2) is 9.67 Å². The van der Waals surface area contributed by atoms with Gasteiger partial charge < -0.3 is 20.7 Å². The molecule has 0 saturated heterocycles. The summed E-state index contributed by atoms with van der Waals surface area (Å²) in [6.45, 7) is 3.47. The van der Waals surface area contributed by atoms with Gasteiger partial charge in [-0.3, -0.25) is 9.79 Å². The minimum atomic E-state index is -0.0843. The first-order valence-corrected chi connectivity index (χ1v) is 10.3. The molecule has 3 rings (SSSR count). The van der Waals surface area contributed by atoms with E-state index in [1.165, 1.54) is 0 Å². The van der Waals surface area contributed by atoms with Gasteiger partial charge in [0.15, 0.2) is 11.8 Å². The summed E-state index contributed by atoms with van der Waals surface area (Å²) in [5, 5.41) is 14.6. The summed E-state index contributed by atoms with van der Waals surface area (Å²) >= 11 is 6.10. The van der Waals surface area contributed by atoms with Crippen LogP contribution in [0.5, 0.6) is 0 Å². The number of hydrogen-bond donors (Lipinski definition) is 3. The predicted octanol–water partition coefficient (Wildman–Crippen LogP) is 1.89. The molecule has 1 aromatic carbocycles. The molecule has 162 valence electrons. The molecule has 0 saturated carbocycles. The Hall–Kier alpha value is -2.65. The molecular formula is C20H28ClN7O2. The van der Waals surface area contributed by atoms with Gasteiger partial charge in [-0.1, -0.05) is 17.7 Å². The number of aryl methyl sites for hydroxylation is 1. The Morgan fingerprint density at radius 1 is 1.43 bits per heavy atom. The fourth-order valence-electron chi connectivity index (χ4n) is 3.31. The van der Waals surface area contributed by atoms with E-state index in [9.17, 15) is 4.79 Å². The van der Waals surface area contributed by atoms with Gasteiger partial charge in [0, 0.05) is 50.3 Å². The number of nitrogens with one attached hydrogen (secondary N) is 3. The second-order valence-corrected chi connectivity index (χ2v) is 7.56. The van der Waals surface area contributed by atoms with Gasteiger partial charge in [0.05, 0.1) is 6.54 Å². The number of aromatic nitrogens is 3. The molecule has 1 aromatic heterocycles. The van der Waals surface area contributed by atoms with E-state index < -0.39 is 0 Å². The highest BCUT2D eigenvalue weighted by Crippen LogP contribution is 2.22. The fourth-order valence-corrected chi connectivity index (χ4v) is 3.48. The SMILES string of the molecule is CN=C(NCCC(=O)Nc1cccc(Cl)c1C)NC1CCc2nc(COC)nn2C1. The summed E-state index contributed by atoms with van der Waals surface area (Å²) < 4.78 is 7.03. The monoisotopic (exact) mass is 433 g/mol. The van der Waals surface area contributed by atoms with Gasteiger partial charge in [-0.05, 0) is 31.0 Å². The van der Waals surface area contributed by atoms with Crippen molar-refractivity contribution in [3.8, 4) is 0 Å². The van der Waals surface area contributed by atoms with E-state index in [1.807, 2.05) is 23.7 Å². The molecule has 2 aromatic rings. The molecule has 30 heavy (non-hydrogen) atoms. The maximum absolute atomic E-state index is 12.2. The number of aliphatic imine (C=N–C) groups is 1. The van der Waals surface area contributed by atoms with Crippen LogP contribution in [0.2, 0.25) is 5.02 Å². The summed E-state index contributed by atoms with van der Waals surface area (Å²) in [6.07, 6.45) is 2.08. The Balaban J connectivity index is 1.44. The van der Waals surface area contributed by atoms with E-state index in [4.69, 9.17) is 16.3 Å². The highest BCUT2D eigenvalue weighted by atomic mass is 35.5. The molecule has 1 aliphatic heterocycles. The molecule has 0 bridgehead atoms. The minimum Gasteiger partial charge on any atom is -0.377 e. The van der Waals surface area contributed by atoms with Crippen LogP contribution < -0.4 is 16.0 Å². The maximum Gasteiger partial charge on any atom is 0.226 e. The number of methoxy groups -OCH3 is 1. The molecule has 1 atom stereocenters. The first-order chi connectivity index (χ1) is 14.5. The number of benzene rings is 1. The van der Waals surface area contributed by atoms with E-state index in [1.54, 1.807) is 20.2 Å². The van der Waals surface area contributed by atoms with Crippen molar-refractivity contribution in [2.75, 3.05) is 26.0 Å². The molecule has 0 spiro atoms. The van der Waals surface area contributed by atoms with E-state index in [0.717, 1.165) is 29.9 Å². The number of nitrogens with zero attached hydrogens (tertiary/aromatic N) is 4. The van der Waals surface area contributed by atoms with Crippen LogP contribution in [0.4, 0.5) is 5.69 Å². The smallest absolute Gasteiger partial charge is 0.226 e. The third-order valence-corrected chi connectivity index (χ3v) is 5.34. The molecular weight excluding hydrogens is 406 g/mol. The summed E-state index contributed by atoms with van der Waals surface area (Å²) in [5.74, 6) is 2.26. The number of rotatable bonds is 7. The Bertz CT molecular complexity index is 913. The molecule has 2 heterocycles. The number of guanidine groups is 1. The summed E-state index contributed by atoms with van der Waals surface area (Å²) in [6, 6.07) is 5.64. The van der Waals surface area contributed by atoms with E-state index in [2.05, 4.69) is 31.0 Å². The van der Waals surface area contributed by atoms with Crippen molar-refractivity contribution in [3.63, 3.8) is 0 Å². The molecule has 1 aliphatic rings. The quantitative estimate of drug-likeness (QED) is 0.455. The third-order valence-electron chi connectivity index (χ3n) is 4.93. The first kappa shape index (κ1) is 22.0. The van der Waals surface area contributed by atoms with Crippen molar-refractivity contribution in [1.82, 2.24) is 25.4 Å². The molecule has 10 heteroatoms. The molecule has 0 radical (unpaired) electrons. The van der Waals surface area contributed by atoms with Crippen LogP contribution in [-0.2, 0) is 29.1 Å². The number of carbonyl (C=O) groups excluding carboxylic acids is 1. The fraction of sp³-hybridized carbons (Fsp3) is 0.500. The number of ether oxygens (including phenoxy) is 1. The Morgan fingerprint density at radius 2 is 2.27 bits per heavy atom. The van der Waals surface area contributed by atoms with Gasteiger partial charge in [-0.2, -0.15) is 5.10 Å². The van der Waals surface area contributed by atoms with Crippen LogP contribution in [0.15, 0.2) is 23.2 Å². The zero-order valence-electron chi connectivity index (χ0n) is 17.5. The van der Waals surface area contributed by atoms with Crippen LogP contribution in [0.1, 0.15) is 30.1 Å². The second kappa shape index (κ2) is 10.4. The lowest BCUT2D eigenvalue weighted by Crippen LogP contribution is -2.47. The number of fused-ring (bicyclic) bond motifs is 1. The molecule has 9 nitrogen and oxygen atoms in total. The molecule has 0 fully saturated rings. The van der Waals surface area contributed by atoms with Crippen molar-refractivity contribution in [1.29, 1.82) is 0 Å². The zero-order chi connectivity index (χ0) is 21.5. The van der Waals surface area contributed by atoms with Crippen molar-refractivity contribution in [3.05, 3.63) is 40.4 Å². The lowest BCUT2D eigenvalue weighted by molar-refractivity contribution is -0.116. The van der Waals surface area contributed by atoms with Crippen molar-refractivity contribution < 1.29 is 9.53 Å². The highest BCUT2D eigenvalue weighted by molar-refractivity contribution is 6.31. The molecule has 3 N–H and O–H groups in total. The van der Waals surface area contributed by atoms with Gasteiger partial charge in [0.1, 0.15) is 12.4 Å². The number of amides is 1. The van der Waals surface area contributed by atoms with Gasteiger partial charge in [0.2, 0.25) is 5.91 Å². The number of anilines is 1. The maximum atomic E-state index is 12.2. The Labute approximate surface area is 181 Å². The Kier molecular flexibility index (Phi) is 7.64. The van der Waals surface area contributed by atoms with Crippen molar-refractivity contribution in [2.45, 2.75) is 45.4 Å². The zero-order valence-corrected chi connectivity index (χ0v) is 18.3. The number of hydrogen-bond acceptors (Lipinski definition) is 5. The van der Waals surface area contributed by atoms with Gasteiger partial charge >= 0.3 is 0 Å². The lowest BCUT2D eigenvalue weighted by atomic mass is 10.1. The predicted molar refractivity (Wildman–Crippen MR) is 117 cm³/mol. The molecule has 1 unspecified atom stereocenters. The molecule has 0 aliphatic carbocycles. The van der Waals surface area contributed by atoms with E-state index in [0.29, 0.717) is 42.9 Å². The van der Waals surface area contributed by atoms with Crippen LogP contribution >= 0.6 is 11.6 Å². The van der Waals surface area contributed by atoms with Crippen molar-refractivity contribution in [2.24, 2.45) is 4.99 Å². The average Bonchev–Trinajstić information content (AvgIpc) is 3.12. The average molecular weight is 434 g/mol. The minimum absolute atomic E-state index is 0.0843. The topological polar surface area (TPSA) is 105 Å². The summed E-state index contributed by atoms with van der Waals surface area (Å²) in [7, 11) is 3.35. The van der Waals surface area contributed by atoms with E-state index in [-0.39, 0.29) is 11.9 Å². The first-order valence-electron chi connectivity index (χ1n) is 9.93. The summed E-state index contributed by atoms with van der Waals surface area (Å²) in [5.41, 5.74) is 1.59. The standard InChI is InChI=1S/C20H28ClN7O2/c1-13-15(21)5-4-6-16(13)25-19(29)9-10-23-20(22-2)24-14-7-8-18-26-17(12-30-3)27-28(18)11-14/h4-6,14H,7-12H2,1-3H3,(H,25,29)(H2,22,23,24). The Morgan fingerprint density at radius 3 is 3.03 bits per heavy atom. The van der Waals surface area contributed by atoms with Crippen LogP contribution in [0.3, 0.4) is 0 Å². The van der Waals surface area contributed by atoms with Crippen LogP contribution in [0.25, 0.3) is 0 Å². The highest BCUT2D eigenvalue weighted by Gasteiger charge is 2.22. The van der Waals surface area contributed by atoms with Gasteiger partial charge in [0.25, 0.3) is 0 Å². The summed E-state index contributed by atoms with van der Waals surface area (Å²) in [4.78, 5) is 21.0. The number of halogens is 1. The van der Waals surface area contributed by atoms with Crippen LogP contribution in [0, 0.1) is 6.92 Å². The second-order valence-electron chi connectivity index (χ2n) is 7.15. The van der Waals surface area contributed by atoms with Crippen LogP contribution in [-0.4, -0.2) is 53.4 Å². The lowest BCUT2D eigenvalue weighted by Gasteiger charge is -2.25. The number of carbonyl (C=O) groups is 1. The van der Waals surface area contributed by atoms with E-state index >= 15 is 0 Å².